The van der Waals surface area contributed by atoms with Gasteiger partial charge in [0.25, 0.3) is 0 Å². The highest BCUT2D eigenvalue weighted by Gasteiger charge is 2.11. The summed E-state index contributed by atoms with van der Waals surface area (Å²) in [5.41, 5.74) is 4.13. The van der Waals surface area contributed by atoms with E-state index in [0.29, 0.717) is 5.88 Å². The predicted octanol–water partition coefficient (Wildman–Crippen LogP) is 3.36. The molecule has 0 heterocycles. The van der Waals surface area contributed by atoms with Crippen LogP contribution < -0.4 is 11.3 Å². The van der Waals surface area contributed by atoms with Gasteiger partial charge >= 0.3 is 0 Å². The molecule has 2 rings (SSSR count). The number of rotatable bonds is 5. The minimum Gasteiger partial charge on any atom is -0.271 e. The first kappa shape index (κ1) is 12.4. The summed E-state index contributed by atoms with van der Waals surface area (Å²) in [5.74, 6) is 6.31. The summed E-state index contributed by atoms with van der Waals surface area (Å²) in [7, 11) is 0. The first-order chi connectivity index (χ1) is 8.36. The van der Waals surface area contributed by atoms with Gasteiger partial charge in [0.1, 0.15) is 0 Å². The summed E-state index contributed by atoms with van der Waals surface area (Å²) in [6.45, 7) is 0. The zero-order chi connectivity index (χ0) is 12.1. The molecule has 0 saturated heterocycles. The fourth-order valence-corrected chi connectivity index (χ4v) is 2.32. The normalized spacial score (nSPS) is 12.8. The Morgan fingerprint density at radius 1 is 1.12 bits per heavy atom. The van der Waals surface area contributed by atoms with Crippen molar-refractivity contribution in [3.63, 3.8) is 0 Å². The van der Waals surface area contributed by atoms with Gasteiger partial charge in [-0.1, -0.05) is 42.5 Å². The Morgan fingerprint density at radius 3 is 2.65 bits per heavy atom. The first-order valence-electron chi connectivity index (χ1n) is 5.86. The molecule has 0 radical (unpaired) electrons. The van der Waals surface area contributed by atoms with Crippen LogP contribution in [0.4, 0.5) is 0 Å². The molecule has 90 valence electrons. The quantitative estimate of drug-likeness (QED) is 0.484. The second kappa shape index (κ2) is 6.01. The SMILES string of the molecule is NNC(CCCCl)c1cccc2ccccc12. The van der Waals surface area contributed by atoms with E-state index in [2.05, 4.69) is 47.9 Å². The maximum absolute atomic E-state index is 5.74. The molecule has 1 unspecified atom stereocenters. The van der Waals surface area contributed by atoms with Crippen LogP contribution >= 0.6 is 11.6 Å². The largest absolute Gasteiger partial charge is 0.271 e. The minimum atomic E-state index is 0.167. The number of hydrogen-bond donors (Lipinski definition) is 2. The molecule has 0 amide bonds. The van der Waals surface area contributed by atoms with Crippen molar-refractivity contribution >= 4 is 22.4 Å². The van der Waals surface area contributed by atoms with Crippen LogP contribution in [-0.4, -0.2) is 5.88 Å². The van der Waals surface area contributed by atoms with Crippen molar-refractivity contribution in [3.05, 3.63) is 48.0 Å². The number of hydrazine groups is 1. The molecular formula is C14H17ClN2. The van der Waals surface area contributed by atoms with Crippen LogP contribution in [-0.2, 0) is 0 Å². The summed E-state index contributed by atoms with van der Waals surface area (Å²) in [6, 6.07) is 14.8. The lowest BCUT2D eigenvalue weighted by Gasteiger charge is -2.17. The zero-order valence-corrected chi connectivity index (χ0v) is 10.5. The predicted molar refractivity (Wildman–Crippen MR) is 74.0 cm³/mol. The fraction of sp³-hybridized carbons (Fsp3) is 0.286. The van der Waals surface area contributed by atoms with E-state index in [1.807, 2.05) is 0 Å². The van der Waals surface area contributed by atoms with Crippen LogP contribution in [0.1, 0.15) is 24.4 Å². The molecule has 0 aliphatic rings. The van der Waals surface area contributed by atoms with E-state index in [1.54, 1.807) is 0 Å². The van der Waals surface area contributed by atoms with Gasteiger partial charge < -0.3 is 0 Å². The summed E-state index contributed by atoms with van der Waals surface area (Å²) in [5, 5.41) is 2.50. The molecule has 2 aromatic rings. The van der Waals surface area contributed by atoms with Gasteiger partial charge in [-0.05, 0) is 29.2 Å². The Balaban J connectivity index is 2.38. The van der Waals surface area contributed by atoms with Gasteiger partial charge in [-0.3, -0.25) is 11.3 Å². The monoisotopic (exact) mass is 248 g/mol. The van der Waals surface area contributed by atoms with Crippen LogP contribution in [0.2, 0.25) is 0 Å². The lowest BCUT2D eigenvalue weighted by atomic mass is 9.96. The Kier molecular flexibility index (Phi) is 4.37. The smallest absolute Gasteiger partial charge is 0.0466 e. The summed E-state index contributed by atoms with van der Waals surface area (Å²) < 4.78 is 0. The van der Waals surface area contributed by atoms with E-state index >= 15 is 0 Å². The van der Waals surface area contributed by atoms with E-state index in [1.165, 1.54) is 16.3 Å². The first-order valence-corrected chi connectivity index (χ1v) is 6.40. The molecule has 3 N–H and O–H groups in total. The van der Waals surface area contributed by atoms with E-state index in [-0.39, 0.29) is 6.04 Å². The molecule has 3 heteroatoms. The van der Waals surface area contributed by atoms with Gasteiger partial charge in [0.2, 0.25) is 0 Å². The number of nitrogens with two attached hydrogens (primary N) is 1. The van der Waals surface area contributed by atoms with Crippen LogP contribution in [0, 0.1) is 0 Å². The van der Waals surface area contributed by atoms with Gasteiger partial charge in [-0.15, -0.1) is 11.6 Å². The van der Waals surface area contributed by atoms with Crippen LogP contribution in [0.25, 0.3) is 10.8 Å². The molecule has 0 aliphatic carbocycles. The molecule has 0 fully saturated rings. The Hall–Kier alpha value is -1.09. The van der Waals surface area contributed by atoms with Crippen molar-refractivity contribution in [3.8, 4) is 0 Å². The Bertz CT molecular complexity index is 479. The second-order valence-electron chi connectivity index (χ2n) is 4.12. The van der Waals surface area contributed by atoms with E-state index in [0.717, 1.165) is 12.8 Å². The van der Waals surface area contributed by atoms with Crippen molar-refractivity contribution < 1.29 is 0 Å². The molecular weight excluding hydrogens is 232 g/mol. The fourth-order valence-electron chi connectivity index (χ4n) is 2.16. The molecule has 2 aromatic carbocycles. The molecule has 0 aliphatic heterocycles. The number of halogens is 1. The standard InChI is InChI=1S/C14H17ClN2/c15-10-4-9-14(17-16)13-8-3-6-11-5-1-2-7-12(11)13/h1-3,5-8,14,17H,4,9-10,16H2. The number of fused-ring (bicyclic) bond motifs is 1. The van der Waals surface area contributed by atoms with Crippen molar-refractivity contribution in [2.45, 2.75) is 18.9 Å². The maximum atomic E-state index is 5.74. The molecule has 17 heavy (non-hydrogen) atoms. The molecule has 0 bridgehead atoms. The molecule has 2 nitrogen and oxygen atoms in total. The topological polar surface area (TPSA) is 38.0 Å². The maximum Gasteiger partial charge on any atom is 0.0466 e. The third kappa shape index (κ3) is 2.78. The van der Waals surface area contributed by atoms with Gasteiger partial charge in [0, 0.05) is 11.9 Å². The third-order valence-corrected chi connectivity index (χ3v) is 3.29. The van der Waals surface area contributed by atoms with E-state index in [4.69, 9.17) is 17.4 Å². The van der Waals surface area contributed by atoms with Crippen molar-refractivity contribution in [1.29, 1.82) is 0 Å². The van der Waals surface area contributed by atoms with Crippen LogP contribution in [0.15, 0.2) is 42.5 Å². The van der Waals surface area contributed by atoms with Gasteiger partial charge in [0.15, 0.2) is 0 Å². The highest BCUT2D eigenvalue weighted by molar-refractivity contribution is 6.17. The number of benzene rings is 2. The Morgan fingerprint density at radius 2 is 1.88 bits per heavy atom. The summed E-state index contributed by atoms with van der Waals surface area (Å²) in [6.07, 6.45) is 1.91. The number of nitrogens with one attached hydrogen (secondary N) is 1. The summed E-state index contributed by atoms with van der Waals surface area (Å²) >= 11 is 5.74. The highest BCUT2D eigenvalue weighted by atomic mass is 35.5. The third-order valence-electron chi connectivity index (χ3n) is 3.03. The van der Waals surface area contributed by atoms with Crippen molar-refractivity contribution in [1.82, 2.24) is 5.43 Å². The lowest BCUT2D eigenvalue weighted by molar-refractivity contribution is 0.514. The second-order valence-corrected chi connectivity index (χ2v) is 4.50. The minimum absolute atomic E-state index is 0.167. The van der Waals surface area contributed by atoms with Crippen molar-refractivity contribution in [2.75, 3.05) is 5.88 Å². The number of hydrogen-bond acceptors (Lipinski definition) is 2. The molecule has 0 saturated carbocycles. The molecule has 0 spiro atoms. The van der Waals surface area contributed by atoms with E-state index in [9.17, 15) is 0 Å². The molecule has 1 atom stereocenters. The lowest BCUT2D eigenvalue weighted by Crippen LogP contribution is -2.28. The Labute approximate surface area is 107 Å². The highest BCUT2D eigenvalue weighted by Crippen LogP contribution is 2.26. The van der Waals surface area contributed by atoms with Crippen LogP contribution in [0.3, 0.4) is 0 Å². The van der Waals surface area contributed by atoms with E-state index < -0.39 is 0 Å². The average molecular weight is 249 g/mol. The summed E-state index contributed by atoms with van der Waals surface area (Å²) in [4.78, 5) is 0. The van der Waals surface area contributed by atoms with Crippen molar-refractivity contribution in [2.24, 2.45) is 5.84 Å². The average Bonchev–Trinajstić information content (AvgIpc) is 2.40. The number of alkyl halides is 1. The zero-order valence-electron chi connectivity index (χ0n) is 9.70. The van der Waals surface area contributed by atoms with Gasteiger partial charge in [0.05, 0.1) is 0 Å². The molecule has 0 aromatic heterocycles. The van der Waals surface area contributed by atoms with Gasteiger partial charge in [-0.2, -0.15) is 0 Å². The van der Waals surface area contributed by atoms with Gasteiger partial charge in [-0.25, -0.2) is 0 Å². The van der Waals surface area contributed by atoms with Crippen LogP contribution in [0.5, 0.6) is 0 Å².